The van der Waals surface area contributed by atoms with Crippen molar-refractivity contribution in [3.8, 4) is 5.88 Å². The van der Waals surface area contributed by atoms with Crippen LogP contribution in [0, 0.1) is 6.92 Å². The average Bonchev–Trinajstić information content (AvgIpc) is 2.67. The van der Waals surface area contributed by atoms with E-state index >= 15 is 0 Å². The van der Waals surface area contributed by atoms with Gasteiger partial charge in [0.15, 0.2) is 0 Å². The van der Waals surface area contributed by atoms with Crippen LogP contribution in [0.15, 0.2) is 12.3 Å². The van der Waals surface area contributed by atoms with Gasteiger partial charge in [0.05, 0.1) is 29.8 Å². The fraction of sp³-hybridized carbons (Fsp3) is 0.538. The molecule has 3 heterocycles. The van der Waals surface area contributed by atoms with Crippen LogP contribution in [0.3, 0.4) is 0 Å². The molecule has 0 saturated carbocycles. The van der Waals surface area contributed by atoms with Crippen LogP contribution in [-0.2, 0) is 11.8 Å². The molecule has 5 heteroatoms. The predicted octanol–water partition coefficient (Wildman–Crippen LogP) is 1.83. The van der Waals surface area contributed by atoms with E-state index in [0.717, 1.165) is 42.7 Å². The lowest BCUT2D eigenvalue weighted by Crippen LogP contribution is -2.26. The van der Waals surface area contributed by atoms with Gasteiger partial charge in [-0.15, -0.1) is 0 Å². The minimum atomic E-state index is 0.205. The number of ether oxygens (including phenoxy) is 2. The van der Waals surface area contributed by atoms with Gasteiger partial charge in [0, 0.05) is 26.1 Å². The number of hydrogen-bond donors (Lipinski definition) is 0. The molecule has 1 fully saturated rings. The summed E-state index contributed by atoms with van der Waals surface area (Å²) in [7, 11) is 1.94. The Labute approximate surface area is 106 Å². The van der Waals surface area contributed by atoms with E-state index < -0.39 is 0 Å². The summed E-state index contributed by atoms with van der Waals surface area (Å²) in [6.07, 6.45) is 3.84. The Morgan fingerprint density at radius 2 is 2.17 bits per heavy atom. The number of hydrogen-bond acceptors (Lipinski definition) is 4. The van der Waals surface area contributed by atoms with E-state index in [1.54, 1.807) is 6.20 Å². The van der Waals surface area contributed by atoms with E-state index in [2.05, 4.69) is 10.1 Å². The van der Waals surface area contributed by atoms with Gasteiger partial charge in [-0.05, 0) is 13.0 Å². The quantitative estimate of drug-likeness (QED) is 0.812. The smallest absolute Gasteiger partial charge is 0.225 e. The van der Waals surface area contributed by atoms with Crippen LogP contribution in [-0.4, -0.2) is 34.1 Å². The van der Waals surface area contributed by atoms with Crippen LogP contribution in [0.1, 0.15) is 18.5 Å². The van der Waals surface area contributed by atoms with E-state index in [-0.39, 0.29) is 6.10 Å². The lowest BCUT2D eigenvalue weighted by molar-refractivity contribution is 0.0244. The van der Waals surface area contributed by atoms with Crippen molar-refractivity contribution in [2.75, 3.05) is 13.2 Å². The molecule has 3 rings (SSSR count). The number of nitrogens with zero attached hydrogens (tertiary/aromatic N) is 3. The summed E-state index contributed by atoms with van der Waals surface area (Å²) in [5.41, 5.74) is 2.02. The monoisotopic (exact) mass is 247 g/mol. The van der Waals surface area contributed by atoms with Gasteiger partial charge >= 0.3 is 0 Å². The molecule has 1 aliphatic rings. The minimum Gasteiger partial charge on any atom is -0.474 e. The third-order valence-corrected chi connectivity index (χ3v) is 3.35. The number of pyridine rings is 1. The fourth-order valence-electron chi connectivity index (χ4n) is 2.41. The number of rotatable bonds is 2. The van der Waals surface area contributed by atoms with E-state index in [1.165, 1.54) is 0 Å². The van der Waals surface area contributed by atoms with Gasteiger partial charge in [-0.25, -0.2) is 4.98 Å². The average molecular weight is 247 g/mol. The summed E-state index contributed by atoms with van der Waals surface area (Å²) in [6.45, 7) is 3.53. The standard InChI is InChI=1S/C13H17N3O2/c1-9-12-11(16(2)15-9)3-6-14-13(12)18-10-4-7-17-8-5-10/h3,6,10H,4-5,7-8H2,1-2H3. The first-order valence-corrected chi connectivity index (χ1v) is 6.28. The Kier molecular flexibility index (Phi) is 2.91. The van der Waals surface area contributed by atoms with E-state index in [1.807, 2.05) is 24.7 Å². The predicted molar refractivity (Wildman–Crippen MR) is 67.7 cm³/mol. The number of fused-ring (bicyclic) bond motifs is 1. The SMILES string of the molecule is Cc1nn(C)c2ccnc(OC3CCOCC3)c12. The number of aromatic nitrogens is 3. The highest BCUT2D eigenvalue weighted by atomic mass is 16.5. The Bertz CT molecular complexity index is 559. The molecule has 0 N–H and O–H groups in total. The third-order valence-electron chi connectivity index (χ3n) is 3.35. The molecule has 18 heavy (non-hydrogen) atoms. The zero-order valence-corrected chi connectivity index (χ0v) is 10.7. The first kappa shape index (κ1) is 11.5. The van der Waals surface area contributed by atoms with Crippen LogP contribution in [0.4, 0.5) is 0 Å². The van der Waals surface area contributed by atoms with Crippen LogP contribution >= 0.6 is 0 Å². The minimum absolute atomic E-state index is 0.205. The maximum atomic E-state index is 6.02. The van der Waals surface area contributed by atoms with Crippen LogP contribution in [0.5, 0.6) is 5.88 Å². The highest BCUT2D eigenvalue weighted by Crippen LogP contribution is 2.27. The fourth-order valence-corrected chi connectivity index (χ4v) is 2.41. The van der Waals surface area contributed by atoms with Crippen molar-refractivity contribution in [1.82, 2.24) is 14.8 Å². The van der Waals surface area contributed by atoms with E-state index in [9.17, 15) is 0 Å². The lowest BCUT2D eigenvalue weighted by atomic mass is 10.1. The Balaban J connectivity index is 1.95. The first-order chi connectivity index (χ1) is 8.75. The molecule has 1 saturated heterocycles. The molecule has 0 amide bonds. The van der Waals surface area contributed by atoms with Gasteiger partial charge in [-0.3, -0.25) is 4.68 Å². The van der Waals surface area contributed by atoms with Gasteiger partial charge in [0.2, 0.25) is 5.88 Å². The maximum Gasteiger partial charge on any atom is 0.225 e. The zero-order valence-electron chi connectivity index (χ0n) is 10.7. The van der Waals surface area contributed by atoms with E-state index in [0.29, 0.717) is 5.88 Å². The maximum absolute atomic E-state index is 6.02. The summed E-state index contributed by atoms with van der Waals surface area (Å²) < 4.78 is 13.2. The molecule has 2 aromatic rings. The zero-order chi connectivity index (χ0) is 12.5. The summed E-state index contributed by atoms with van der Waals surface area (Å²) in [6, 6.07) is 1.96. The summed E-state index contributed by atoms with van der Waals surface area (Å²) >= 11 is 0. The molecule has 0 radical (unpaired) electrons. The largest absolute Gasteiger partial charge is 0.474 e. The molecule has 0 atom stereocenters. The third kappa shape index (κ3) is 1.95. The molecule has 0 unspecified atom stereocenters. The molecule has 0 bridgehead atoms. The van der Waals surface area contributed by atoms with Crippen LogP contribution in [0.2, 0.25) is 0 Å². The van der Waals surface area contributed by atoms with Crippen molar-refractivity contribution in [1.29, 1.82) is 0 Å². The Hall–Kier alpha value is -1.62. The second-order valence-corrected chi connectivity index (χ2v) is 4.65. The topological polar surface area (TPSA) is 49.2 Å². The van der Waals surface area contributed by atoms with Gasteiger partial charge in [-0.1, -0.05) is 0 Å². The molecule has 2 aromatic heterocycles. The van der Waals surface area contributed by atoms with Gasteiger partial charge in [-0.2, -0.15) is 5.10 Å². The Morgan fingerprint density at radius 1 is 1.39 bits per heavy atom. The Morgan fingerprint density at radius 3 is 2.94 bits per heavy atom. The van der Waals surface area contributed by atoms with Crippen molar-refractivity contribution in [2.24, 2.45) is 7.05 Å². The molecule has 96 valence electrons. The van der Waals surface area contributed by atoms with Crippen molar-refractivity contribution >= 4 is 10.9 Å². The van der Waals surface area contributed by atoms with Gasteiger partial charge in [0.1, 0.15) is 6.10 Å². The van der Waals surface area contributed by atoms with Crippen molar-refractivity contribution in [3.05, 3.63) is 18.0 Å². The van der Waals surface area contributed by atoms with Crippen molar-refractivity contribution in [3.63, 3.8) is 0 Å². The normalized spacial score (nSPS) is 17.2. The summed E-state index contributed by atoms with van der Waals surface area (Å²) in [5, 5.41) is 5.44. The second-order valence-electron chi connectivity index (χ2n) is 4.65. The van der Waals surface area contributed by atoms with Gasteiger partial charge in [0.25, 0.3) is 0 Å². The van der Waals surface area contributed by atoms with Crippen LogP contribution < -0.4 is 4.74 Å². The lowest BCUT2D eigenvalue weighted by Gasteiger charge is -2.22. The van der Waals surface area contributed by atoms with Crippen molar-refractivity contribution in [2.45, 2.75) is 25.9 Å². The molecule has 0 aromatic carbocycles. The highest BCUT2D eigenvalue weighted by molar-refractivity contribution is 5.86. The second kappa shape index (κ2) is 4.57. The number of aryl methyl sites for hydroxylation is 2. The molecule has 0 aliphatic carbocycles. The first-order valence-electron chi connectivity index (χ1n) is 6.28. The van der Waals surface area contributed by atoms with Crippen molar-refractivity contribution < 1.29 is 9.47 Å². The molecule has 5 nitrogen and oxygen atoms in total. The van der Waals surface area contributed by atoms with Crippen LogP contribution in [0.25, 0.3) is 10.9 Å². The summed E-state index contributed by atoms with van der Waals surface area (Å²) in [4.78, 5) is 4.36. The summed E-state index contributed by atoms with van der Waals surface area (Å²) in [5.74, 6) is 0.699. The molecular weight excluding hydrogens is 230 g/mol. The van der Waals surface area contributed by atoms with Gasteiger partial charge < -0.3 is 9.47 Å². The highest BCUT2D eigenvalue weighted by Gasteiger charge is 2.19. The van der Waals surface area contributed by atoms with E-state index in [4.69, 9.17) is 9.47 Å². The molecule has 0 spiro atoms. The molecule has 1 aliphatic heterocycles. The molecular formula is C13H17N3O2.